The summed E-state index contributed by atoms with van der Waals surface area (Å²) in [6.07, 6.45) is -5.29. The molecule has 0 aliphatic carbocycles. The van der Waals surface area contributed by atoms with Gasteiger partial charge in [-0.25, -0.2) is 8.78 Å². The van der Waals surface area contributed by atoms with Crippen LogP contribution >= 0.6 is 11.3 Å². The van der Waals surface area contributed by atoms with Crippen LogP contribution in [0, 0.1) is 6.92 Å². The molecule has 6 aromatic rings. The molecule has 7 heteroatoms. The van der Waals surface area contributed by atoms with E-state index in [0.717, 1.165) is 27.8 Å². The van der Waals surface area contributed by atoms with Crippen LogP contribution in [0.2, 0.25) is 0 Å². The van der Waals surface area contributed by atoms with Gasteiger partial charge in [0.1, 0.15) is 43.4 Å². The van der Waals surface area contributed by atoms with Crippen molar-refractivity contribution in [3.8, 4) is 5.75 Å². The molecule has 1 fully saturated rings. The summed E-state index contributed by atoms with van der Waals surface area (Å²) in [6, 6.07) is 43.9. The van der Waals surface area contributed by atoms with Crippen LogP contribution in [0.15, 0.2) is 133 Å². The maximum atomic E-state index is 16.3. The molecule has 5 aromatic carbocycles. The topological polar surface area (TPSA) is 36.9 Å². The number of rotatable bonds is 13. The molecule has 0 bridgehead atoms. The van der Waals surface area contributed by atoms with Crippen LogP contribution in [0.4, 0.5) is 8.78 Å². The number of aryl methyl sites for hydroxylation is 1. The fraction of sp³-hybridized carbons (Fsp3) is 0.256. The molecule has 1 aromatic heterocycles. The second-order valence-electron chi connectivity index (χ2n) is 12.7. The van der Waals surface area contributed by atoms with Crippen LogP contribution < -0.4 is 4.74 Å². The minimum absolute atomic E-state index is 0.144. The first-order valence-electron chi connectivity index (χ1n) is 17.0. The maximum Gasteiger partial charge on any atom is 0.157 e. The average Bonchev–Trinajstić information content (AvgIpc) is 3.57. The maximum absolute atomic E-state index is 16.3. The number of ether oxygens (including phenoxy) is 4. The molecular weight excluding hydrogens is 651 g/mol. The van der Waals surface area contributed by atoms with Gasteiger partial charge in [-0.1, -0.05) is 109 Å². The molecule has 2 heterocycles. The number of hydrogen-bond acceptors (Lipinski definition) is 5. The molecular formula is C43H40F2O4S. The van der Waals surface area contributed by atoms with Crippen molar-refractivity contribution in [2.45, 2.75) is 63.8 Å². The van der Waals surface area contributed by atoms with E-state index in [1.165, 1.54) is 15.0 Å². The van der Waals surface area contributed by atoms with Gasteiger partial charge in [0.2, 0.25) is 0 Å². The summed E-state index contributed by atoms with van der Waals surface area (Å²) in [7, 11) is 0. The van der Waals surface area contributed by atoms with Crippen molar-refractivity contribution in [1.29, 1.82) is 0 Å². The lowest BCUT2D eigenvalue weighted by Crippen LogP contribution is -2.55. The summed E-state index contributed by atoms with van der Waals surface area (Å²) in [5.41, 5.74) is 5.61. The molecule has 7 rings (SSSR count). The third-order valence-corrected chi connectivity index (χ3v) is 10.3. The number of benzene rings is 5. The number of thiophene rings is 1. The van der Waals surface area contributed by atoms with Gasteiger partial charge in [-0.15, -0.1) is 11.3 Å². The highest BCUT2D eigenvalue weighted by Gasteiger charge is 2.49. The second kappa shape index (κ2) is 16.1. The lowest BCUT2D eigenvalue weighted by molar-refractivity contribution is -0.242. The molecule has 0 spiro atoms. The molecule has 0 saturated carbocycles. The molecule has 0 unspecified atom stereocenters. The summed E-state index contributed by atoms with van der Waals surface area (Å²) in [5.74, 6) is 0.585. The highest BCUT2D eigenvalue weighted by atomic mass is 32.1. The van der Waals surface area contributed by atoms with Gasteiger partial charge < -0.3 is 18.9 Å². The Hall–Kier alpha value is -4.40. The number of halogens is 2. The van der Waals surface area contributed by atoms with Crippen molar-refractivity contribution in [3.63, 3.8) is 0 Å². The SMILES string of the molecule is Cc1cc(OCc2ccccc2)c([C@@H]2O[C@H](CF)[C@@H](F)[C@H](OCc3ccccc3)[C@H]2OCc2ccccc2)cc1Cc1cc2ccccc2s1. The van der Waals surface area contributed by atoms with E-state index < -0.39 is 37.3 Å². The molecule has 1 aliphatic rings. The zero-order valence-corrected chi connectivity index (χ0v) is 28.7. The van der Waals surface area contributed by atoms with Crippen LogP contribution in [0.25, 0.3) is 10.1 Å². The summed E-state index contributed by atoms with van der Waals surface area (Å²) < 4.78 is 58.0. The van der Waals surface area contributed by atoms with Gasteiger partial charge in [0.15, 0.2) is 6.17 Å². The zero-order valence-electron chi connectivity index (χ0n) is 27.9. The van der Waals surface area contributed by atoms with Gasteiger partial charge in [-0.05, 0) is 64.4 Å². The predicted octanol–water partition coefficient (Wildman–Crippen LogP) is 10.3. The lowest BCUT2D eigenvalue weighted by Gasteiger charge is -2.43. The largest absolute Gasteiger partial charge is 0.489 e. The Kier molecular flexibility index (Phi) is 11.0. The van der Waals surface area contributed by atoms with Crippen molar-refractivity contribution < 1.29 is 27.7 Å². The van der Waals surface area contributed by atoms with Crippen molar-refractivity contribution in [2.24, 2.45) is 0 Å². The highest BCUT2D eigenvalue weighted by molar-refractivity contribution is 7.19. The van der Waals surface area contributed by atoms with E-state index in [1.807, 2.05) is 103 Å². The van der Waals surface area contributed by atoms with Crippen LogP contribution in [-0.4, -0.2) is 31.2 Å². The van der Waals surface area contributed by atoms with E-state index in [-0.39, 0.29) is 13.2 Å². The monoisotopic (exact) mass is 690 g/mol. The second-order valence-corrected chi connectivity index (χ2v) is 13.9. The summed E-state index contributed by atoms with van der Waals surface area (Å²) in [4.78, 5) is 1.22. The molecule has 256 valence electrons. The fourth-order valence-electron chi connectivity index (χ4n) is 6.51. The Morgan fingerprint density at radius 3 is 1.88 bits per heavy atom. The van der Waals surface area contributed by atoms with E-state index in [4.69, 9.17) is 18.9 Å². The van der Waals surface area contributed by atoms with Crippen molar-refractivity contribution in [1.82, 2.24) is 0 Å². The predicted molar refractivity (Wildman–Crippen MR) is 195 cm³/mol. The van der Waals surface area contributed by atoms with Crippen molar-refractivity contribution >= 4 is 21.4 Å². The normalized spacial score (nSPS) is 20.6. The van der Waals surface area contributed by atoms with Gasteiger partial charge in [-0.2, -0.15) is 0 Å². The van der Waals surface area contributed by atoms with Crippen molar-refractivity contribution in [2.75, 3.05) is 6.67 Å². The minimum Gasteiger partial charge on any atom is -0.489 e. The Bertz CT molecular complexity index is 1930. The Balaban J connectivity index is 1.29. The minimum atomic E-state index is -1.75. The number of fused-ring (bicyclic) bond motifs is 1. The molecule has 0 radical (unpaired) electrons. The van der Waals surface area contributed by atoms with E-state index >= 15 is 4.39 Å². The average molecular weight is 691 g/mol. The molecule has 0 N–H and O–H groups in total. The number of hydrogen-bond donors (Lipinski definition) is 0. The third-order valence-electron chi connectivity index (χ3n) is 9.19. The Morgan fingerprint density at radius 2 is 1.26 bits per heavy atom. The summed E-state index contributed by atoms with van der Waals surface area (Å²) in [5, 5.41) is 1.20. The first-order chi connectivity index (χ1) is 24.6. The summed E-state index contributed by atoms with van der Waals surface area (Å²) in [6.45, 7) is 1.72. The van der Waals surface area contributed by atoms with Gasteiger partial charge in [0.05, 0.1) is 13.2 Å². The number of alkyl halides is 2. The van der Waals surface area contributed by atoms with Gasteiger partial charge in [-0.3, -0.25) is 0 Å². The van der Waals surface area contributed by atoms with Crippen molar-refractivity contribution in [3.05, 3.63) is 172 Å². The van der Waals surface area contributed by atoms with E-state index in [0.29, 0.717) is 24.3 Å². The third kappa shape index (κ3) is 7.98. The molecule has 4 nitrogen and oxygen atoms in total. The molecule has 0 amide bonds. The van der Waals surface area contributed by atoms with Gasteiger partial charge >= 0.3 is 0 Å². The zero-order chi connectivity index (χ0) is 34.3. The Morgan fingerprint density at radius 1 is 0.680 bits per heavy atom. The molecule has 1 saturated heterocycles. The van der Waals surface area contributed by atoms with Crippen LogP contribution in [0.5, 0.6) is 5.75 Å². The van der Waals surface area contributed by atoms with Crippen LogP contribution in [0.3, 0.4) is 0 Å². The van der Waals surface area contributed by atoms with E-state index in [2.05, 4.69) is 37.3 Å². The van der Waals surface area contributed by atoms with E-state index in [9.17, 15) is 4.39 Å². The van der Waals surface area contributed by atoms with Crippen LogP contribution in [0.1, 0.15) is 44.4 Å². The molecule has 5 atom stereocenters. The fourth-order valence-corrected chi connectivity index (χ4v) is 7.60. The van der Waals surface area contributed by atoms with Gasteiger partial charge in [0.25, 0.3) is 0 Å². The molecule has 50 heavy (non-hydrogen) atoms. The van der Waals surface area contributed by atoms with Gasteiger partial charge in [0, 0.05) is 21.6 Å². The lowest BCUT2D eigenvalue weighted by atomic mass is 9.89. The van der Waals surface area contributed by atoms with Crippen LogP contribution in [-0.2, 0) is 40.5 Å². The standard InChI is InChI=1S/C43H40F2O4S/c1-29-21-37(46-26-30-13-5-2-6-14-30)36(24-34(29)23-35-22-33-19-11-12-20-39(33)50-35)41-43(48-28-32-17-9-4-10-18-32)42(40(45)38(25-44)49-41)47-27-31-15-7-3-8-16-31/h2-22,24,38,40-43H,23,25-28H2,1H3/t38-,40-,41+,42+,43+/m1/s1. The highest BCUT2D eigenvalue weighted by Crippen LogP contribution is 2.43. The first-order valence-corrected chi connectivity index (χ1v) is 17.8. The van der Waals surface area contributed by atoms with E-state index in [1.54, 1.807) is 11.3 Å². The summed E-state index contributed by atoms with van der Waals surface area (Å²) >= 11 is 1.76. The smallest absolute Gasteiger partial charge is 0.157 e. The Labute approximate surface area is 296 Å². The first kappa shape index (κ1) is 34.1. The molecule has 1 aliphatic heterocycles. The quantitative estimate of drug-likeness (QED) is 0.121.